The first-order chi connectivity index (χ1) is 10.3. The van der Waals surface area contributed by atoms with Gasteiger partial charge in [-0.3, -0.25) is 4.79 Å². The zero-order chi connectivity index (χ0) is 14.5. The molecule has 0 radical (unpaired) electrons. The van der Waals surface area contributed by atoms with Gasteiger partial charge in [0.25, 0.3) is 0 Å². The van der Waals surface area contributed by atoms with E-state index < -0.39 is 0 Å². The number of benzene rings is 1. The molecule has 1 atom stereocenters. The van der Waals surface area contributed by atoms with E-state index in [0.29, 0.717) is 18.6 Å². The van der Waals surface area contributed by atoms with Gasteiger partial charge >= 0.3 is 0 Å². The lowest BCUT2D eigenvalue weighted by molar-refractivity contribution is -0.116. The average molecular weight is 325 g/mol. The summed E-state index contributed by atoms with van der Waals surface area (Å²) in [4.78, 5) is 12.2. The van der Waals surface area contributed by atoms with E-state index in [1.165, 1.54) is 19.3 Å². The molecule has 1 amide bonds. The topological polar surface area (TPSA) is 50.4 Å². The van der Waals surface area contributed by atoms with Gasteiger partial charge in [0.1, 0.15) is 5.75 Å². The molecule has 122 valence electrons. The Labute approximate surface area is 138 Å². The molecule has 0 aromatic heterocycles. The summed E-state index contributed by atoms with van der Waals surface area (Å²) in [7, 11) is 0. The van der Waals surface area contributed by atoms with E-state index in [0.717, 1.165) is 37.2 Å². The van der Waals surface area contributed by atoms with Crippen LogP contribution < -0.4 is 15.4 Å². The van der Waals surface area contributed by atoms with Gasteiger partial charge in [-0.15, -0.1) is 12.4 Å². The highest BCUT2D eigenvalue weighted by Crippen LogP contribution is 2.29. The van der Waals surface area contributed by atoms with Crippen molar-refractivity contribution in [1.29, 1.82) is 0 Å². The number of ether oxygens (including phenoxy) is 1. The van der Waals surface area contributed by atoms with Gasteiger partial charge in [0, 0.05) is 12.5 Å². The van der Waals surface area contributed by atoms with Crippen LogP contribution in [-0.2, 0) is 4.79 Å². The zero-order valence-corrected chi connectivity index (χ0v) is 13.7. The van der Waals surface area contributed by atoms with Crippen molar-refractivity contribution in [3.8, 4) is 5.75 Å². The van der Waals surface area contributed by atoms with E-state index >= 15 is 0 Å². The van der Waals surface area contributed by atoms with Crippen molar-refractivity contribution in [2.75, 3.05) is 11.9 Å². The molecule has 4 nitrogen and oxygen atoms in total. The van der Waals surface area contributed by atoms with Crippen LogP contribution >= 0.6 is 12.4 Å². The minimum Gasteiger partial charge on any atom is -0.488 e. The van der Waals surface area contributed by atoms with Gasteiger partial charge in [0.05, 0.1) is 11.8 Å². The Balaban J connectivity index is 0.00000176. The van der Waals surface area contributed by atoms with E-state index in [1.54, 1.807) is 0 Å². The van der Waals surface area contributed by atoms with Crippen LogP contribution in [0.5, 0.6) is 5.75 Å². The number of amides is 1. The maximum Gasteiger partial charge on any atom is 0.226 e. The second-order valence-electron chi connectivity index (χ2n) is 6.07. The van der Waals surface area contributed by atoms with Gasteiger partial charge < -0.3 is 15.4 Å². The summed E-state index contributed by atoms with van der Waals surface area (Å²) in [5, 5.41) is 6.36. The number of carbonyl (C=O) groups excluding carboxylic acids is 1. The molecule has 1 aromatic carbocycles. The average Bonchev–Trinajstić information content (AvgIpc) is 3.14. The first kappa shape index (κ1) is 17.1. The molecule has 1 saturated carbocycles. The van der Waals surface area contributed by atoms with Crippen molar-refractivity contribution in [2.24, 2.45) is 0 Å². The Morgan fingerprint density at radius 3 is 2.68 bits per heavy atom. The van der Waals surface area contributed by atoms with Gasteiger partial charge in [0.2, 0.25) is 5.91 Å². The minimum atomic E-state index is 0. The lowest BCUT2D eigenvalue weighted by atomic mass is 10.1. The molecule has 3 rings (SSSR count). The number of hydrogen-bond acceptors (Lipinski definition) is 3. The molecular weight excluding hydrogens is 300 g/mol. The maximum absolute atomic E-state index is 12.2. The molecular formula is C17H25ClN2O2. The third kappa shape index (κ3) is 4.62. The predicted molar refractivity (Wildman–Crippen MR) is 90.8 cm³/mol. The molecule has 2 N–H and O–H groups in total. The summed E-state index contributed by atoms with van der Waals surface area (Å²) in [6.07, 6.45) is 7.83. The Morgan fingerprint density at radius 1 is 1.18 bits per heavy atom. The molecule has 1 aromatic rings. The van der Waals surface area contributed by atoms with Crippen LogP contribution in [0.25, 0.3) is 0 Å². The Morgan fingerprint density at radius 2 is 1.95 bits per heavy atom. The lowest BCUT2D eigenvalue weighted by Gasteiger charge is -2.17. The van der Waals surface area contributed by atoms with Crippen molar-refractivity contribution in [3.63, 3.8) is 0 Å². The second kappa shape index (κ2) is 8.39. The quantitative estimate of drug-likeness (QED) is 0.871. The van der Waals surface area contributed by atoms with Gasteiger partial charge in [-0.05, 0) is 57.2 Å². The van der Waals surface area contributed by atoms with E-state index in [2.05, 4.69) is 10.6 Å². The number of rotatable bonds is 5. The van der Waals surface area contributed by atoms with Crippen molar-refractivity contribution in [1.82, 2.24) is 5.32 Å². The zero-order valence-electron chi connectivity index (χ0n) is 12.8. The molecule has 22 heavy (non-hydrogen) atoms. The summed E-state index contributed by atoms with van der Waals surface area (Å²) < 4.78 is 6.05. The van der Waals surface area contributed by atoms with Crippen LogP contribution in [0.15, 0.2) is 24.3 Å². The van der Waals surface area contributed by atoms with Crippen LogP contribution in [0.3, 0.4) is 0 Å². The molecule has 1 aliphatic heterocycles. The number of para-hydroxylation sites is 2. The summed E-state index contributed by atoms with van der Waals surface area (Å²) >= 11 is 0. The van der Waals surface area contributed by atoms with Gasteiger partial charge in [-0.25, -0.2) is 0 Å². The monoisotopic (exact) mass is 324 g/mol. The molecule has 1 aliphatic carbocycles. The second-order valence-corrected chi connectivity index (χ2v) is 6.07. The van der Waals surface area contributed by atoms with E-state index in [1.807, 2.05) is 24.3 Å². The molecule has 5 heteroatoms. The van der Waals surface area contributed by atoms with E-state index in [9.17, 15) is 4.79 Å². The summed E-state index contributed by atoms with van der Waals surface area (Å²) in [5.74, 6) is 0.869. The Hall–Kier alpha value is -1.26. The van der Waals surface area contributed by atoms with Crippen LogP contribution in [0.4, 0.5) is 5.69 Å². The summed E-state index contributed by atoms with van der Waals surface area (Å²) in [6, 6.07) is 8.09. The number of halogens is 1. The SMILES string of the molecule is Cl.O=C(CC1CCCN1)Nc1ccccc1OC1CCCC1. The first-order valence-corrected chi connectivity index (χ1v) is 8.10. The Kier molecular flexibility index (Phi) is 6.52. The lowest BCUT2D eigenvalue weighted by Crippen LogP contribution is -2.27. The fraction of sp³-hybridized carbons (Fsp3) is 0.588. The molecule has 2 aliphatic rings. The van der Waals surface area contributed by atoms with Crippen LogP contribution in [0, 0.1) is 0 Å². The largest absolute Gasteiger partial charge is 0.488 e. The third-order valence-electron chi connectivity index (χ3n) is 4.35. The standard InChI is InChI=1S/C17H24N2O2.ClH/c20-17(12-13-6-5-11-18-13)19-15-9-3-4-10-16(15)21-14-7-1-2-8-14;/h3-4,9-10,13-14,18H,1-2,5-8,11-12H2,(H,19,20);1H. The highest BCUT2D eigenvalue weighted by molar-refractivity contribution is 5.92. The molecule has 2 fully saturated rings. The van der Waals surface area contributed by atoms with E-state index in [4.69, 9.17) is 4.74 Å². The molecule has 1 saturated heterocycles. The fourth-order valence-corrected chi connectivity index (χ4v) is 3.21. The fourth-order valence-electron chi connectivity index (χ4n) is 3.21. The normalized spacial score (nSPS) is 21.4. The number of anilines is 1. The van der Waals surface area contributed by atoms with Crippen molar-refractivity contribution >= 4 is 24.0 Å². The molecule has 1 unspecified atom stereocenters. The predicted octanol–water partition coefficient (Wildman–Crippen LogP) is 3.51. The highest BCUT2D eigenvalue weighted by atomic mass is 35.5. The number of carbonyl (C=O) groups is 1. The van der Waals surface area contributed by atoms with Gasteiger partial charge in [0.15, 0.2) is 0 Å². The highest BCUT2D eigenvalue weighted by Gasteiger charge is 2.20. The van der Waals surface area contributed by atoms with E-state index in [-0.39, 0.29) is 18.3 Å². The first-order valence-electron chi connectivity index (χ1n) is 8.10. The Bertz CT molecular complexity index is 483. The van der Waals surface area contributed by atoms with Gasteiger partial charge in [-0.1, -0.05) is 12.1 Å². The minimum absolute atomic E-state index is 0. The summed E-state index contributed by atoms with van der Waals surface area (Å²) in [5.41, 5.74) is 0.799. The molecule has 1 heterocycles. The van der Waals surface area contributed by atoms with Crippen LogP contribution in [0.2, 0.25) is 0 Å². The number of nitrogens with one attached hydrogen (secondary N) is 2. The van der Waals surface area contributed by atoms with Crippen molar-refractivity contribution < 1.29 is 9.53 Å². The van der Waals surface area contributed by atoms with Crippen molar-refractivity contribution in [3.05, 3.63) is 24.3 Å². The van der Waals surface area contributed by atoms with Crippen LogP contribution in [-0.4, -0.2) is 24.6 Å². The molecule has 0 bridgehead atoms. The summed E-state index contributed by atoms with van der Waals surface area (Å²) in [6.45, 7) is 1.03. The van der Waals surface area contributed by atoms with Crippen LogP contribution in [0.1, 0.15) is 44.9 Å². The smallest absolute Gasteiger partial charge is 0.226 e. The molecule has 0 spiro atoms. The number of hydrogen-bond donors (Lipinski definition) is 2. The third-order valence-corrected chi connectivity index (χ3v) is 4.35. The van der Waals surface area contributed by atoms with Gasteiger partial charge in [-0.2, -0.15) is 0 Å². The maximum atomic E-state index is 12.2. The van der Waals surface area contributed by atoms with Crippen molar-refractivity contribution in [2.45, 2.75) is 57.1 Å².